The molecule has 1 heterocycles. The third-order valence-electron chi connectivity index (χ3n) is 3.27. The predicted octanol–water partition coefficient (Wildman–Crippen LogP) is 3.50. The van der Waals surface area contributed by atoms with Gasteiger partial charge in [-0.1, -0.05) is 24.3 Å². The molecule has 4 heteroatoms. The summed E-state index contributed by atoms with van der Waals surface area (Å²) in [5.41, 5.74) is 2.98. The summed E-state index contributed by atoms with van der Waals surface area (Å²) in [6.45, 7) is 1.72. The fourth-order valence-electron chi connectivity index (χ4n) is 2.15. The molecule has 0 fully saturated rings. The second-order valence-corrected chi connectivity index (χ2v) is 5.93. The van der Waals surface area contributed by atoms with E-state index in [0.717, 1.165) is 25.0 Å². The standard InChI is InChI=1S/C17H15N3S/c18-11-13-5-7-14(8-6-13)12-19-10-9-17-20-15-3-1-2-4-16(15)21-17/h1-8,19H,9-10,12H2. The van der Waals surface area contributed by atoms with Crippen LogP contribution in [0, 0.1) is 11.3 Å². The van der Waals surface area contributed by atoms with Gasteiger partial charge in [0, 0.05) is 19.5 Å². The zero-order valence-electron chi connectivity index (χ0n) is 11.5. The van der Waals surface area contributed by atoms with Crippen molar-refractivity contribution in [3.8, 4) is 6.07 Å². The van der Waals surface area contributed by atoms with Gasteiger partial charge in [0.1, 0.15) is 0 Å². The number of aromatic nitrogens is 1. The number of nitrogens with one attached hydrogen (secondary N) is 1. The fourth-order valence-corrected chi connectivity index (χ4v) is 3.12. The molecule has 0 spiro atoms. The Morgan fingerprint density at radius 3 is 2.67 bits per heavy atom. The van der Waals surface area contributed by atoms with Gasteiger partial charge in [-0.3, -0.25) is 0 Å². The van der Waals surface area contributed by atoms with Crippen molar-refractivity contribution in [2.24, 2.45) is 0 Å². The van der Waals surface area contributed by atoms with E-state index >= 15 is 0 Å². The third-order valence-corrected chi connectivity index (χ3v) is 4.36. The molecule has 0 aliphatic rings. The van der Waals surface area contributed by atoms with E-state index in [-0.39, 0.29) is 0 Å². The van der Waals surface area contributed by atoms with Crippen LogP contribution < -0.4 is 5.32 Å². The fraction of sp³-hybridized carbons (Fsp3) is 0.176. The Kier molecular flexibility index (Phi) is 4.25. The monoisotopic (exact) mass is 293 g/mol. The summed E-state index contributed by atoms with van der Waals surface area (Å²) < 4.78 is 1.25. The van der Waals surface area contributed by atoms with Gasteiger partial charge in [0.15, 0.2) is 0 Å². The summed E-state index contributed by atoms with van der Waals surface area (Å²) in [5, 5.41) is 13.3. The van der Waals surface area contributed by atoms with Gasteiger partial charge in [0.2, 0.25) is 0 Å². The number of benzene rings is 2. The molecule has 3 rings (SSSR count). The van der Waals surface area contributed by atoms with Crippen LogP contribution in [0.3, 0.4) is 0 Å². The minimum absolute atomic E-state index is 0.702. The first-order valence-electron chi connectivity index (χ1n) is 6.89. The molecule has 0 saturated carbocycles. The quantitative estimate of drug-likeness (QED) is 0.732. The van der Waals surface area contributed by atoms with Crippen molar-refractivity contribution in [1.29, 1.82) is 5.26 Å². The molecule has 0 aliphatic heterocycles. The molecule has 21 heavy (non-hydrogen) atoms. The van der Waals surface area contributed by atoms with Crippen molar-refractivity contribution in [1.82, 2.24) is 10.3 Å². The highest BCUT2D eigenvalue weighted by Gasteiger charge is 2.02. The largest absolute Gasteiger partial charge is 0.312 e. The molecule has 1 aromatic heterocycles. The maximum atomic E-state index is 8.76. The van der Waals surface area contributed by atoms with Crippen molar-refractivity contribution in [3.05, 3.63) is 64.7 Å². The number of thiazole rings is 1. The normalized spacial score (nSPS) is 10.6. The summed E-state index contributed by atoms with van der Waals surface area (Å²) in [5.74, 6) is 0. The van der Waals surface area contributed by atoms with Crippen LogP contribution in [0.2, 0.25) is 0 Å². The first kappa shape index (κ1) is 13.7. The Balaban J connectivity index is 1.50. The van der Waals surface area contributed by atoms with Crippen LogP contribution in [0.5, 0.6) is 0 Å². The Morgan fingerprint density at radius 1 is 1.10 bits per heavy atom. The molecule has 0 atom stereocenters. The molecule has 3 nitrogen and oxygen atoms in total. The summed E-state index contributed by atoms with van der Waals surface area (Å²) in [6, 6.07) is 18.0. The van der Waals surface area contributed by atoms with Gasteiger partial charge in [-0.05, 0) is 29.8 Å². The lowest BCUT2D eigenvalue weighted by Crippen LogP contribution is -2.16. The van der Waals surface area contributed by atoms with Crippen LogP contribution in [0.1, 0.15) is 16.1 Å². The van der Waals surface area contributed by atoms with Crippen LogP contribution in [-0.4, -0.2) is 11.5 Å². The van der Waals surface area contributed by atoms with Gasteiger partial charge in [-0.15, -0.1) is 11.3 Å². The van der Waals surface area contributed by atoms with E-state index in [2.05, 4.69) is 28.5 Å². The number of para-hydroxylation sites is 1. The van der Waals surface area contributed by atoms with E-state index in [1.807, 2.05) is 36.4 Å². The van der Waals surface area contributed by atoms with Gasteiger partial charge in [-0.25, -0.2) is 4.98 Å². The molecular weight excluding hydrogens is 278 g/mol. The van der Waals surface area contributed by atoms with E-state index in [1.165, 1.54) is 15.3 Å². The van der Waals surface area contributed by atoms with Crippen LogP contribution in [0.4, 0.5) is 0 Å². The molecule has 104 valence electrons. The lowest BCUT2D eigenvalue weighted by Gasteiger charge is -2.03. The maximum absolute atomic E-state index is 8.76. The van der Waals surface area contributed by atoms with E-state index in [4.69, 9.17) is 5.26 Å². The molecular formula is C17H15N3S. The van der Waals surface area contributed by atoms with Gasteiger partial charge >= 0.3 is 0 Å². The Bertz CT molecular complexity index is 736. The molecule has 0 saturated heterocycles. The van der Waals surface area contributed by atoms with Crippen LogP contribution in [0.15, 0.2) is 48.5 Å². The van der Waals surface area contributed by atoms with Crippen LogP contribution in [0.25, 0.3) is 10.2 Å². The molecule has 0 unspecified atom stereocenters. The van der Waals surface area contributed by atoms with E-state index in [1.54, 1.807) is 11.3 Å². The maximum Gasteiger partial charge on any atom is 0.0991 e. The second-order valence-electron chi connectivity index (χ2n) is 4.81. The molecule has 0 amide bonds. The number of nitrogens with zero attached hydrogens (tertiary/aromatic N) is 2. The lowest BCUT2D eigenvalue weighted by molar-refractivity contribution is 0.686. The van der Waals surface area contributed by atoms with Crippen molar-refractivity contribution >= 4 is 21.6 Å². The number of rotatable bonds is 5. The average Bonchev–Trinajstić information content (AvgIpc) is 2.95. The molecule has 0 radical (unpaired) electrons. The number of hydrogen-bond donors (Lipinski definition) is 1. The van der Waals surface area contributed by atoms with Crippen molar-refractivity contribution in [2.45, 2.75) is 13.0 Å². The molecule has 0 aliphatic carbocycles. The van der Waals surface area contributed by atoms with Crippen molar-refractivity contribution < 1.29 is 0 Å². The Labute approximate surface area is 127 Å². The van der Waals surface area contributed by atoms with E-state index in [0.29, 0.717) is 5.56 Å². The highest BCUT2D eigenvalue weighted by molar-refractivity contribution is 7.18. The van der Waals surface area contributed by atoms with Gasteiger partial charge < -0.3 is 5.32 Å². The first-order chi connectivity index (χ1) is 10.3. The third kappa shape index (κ3) is 3.46. The van der Waals surface area contributed by atoms with Gasteiger partial charge in [-0.2, -0.15) is 5.26 Å². The Hall–Kier alpha value is -2.22. The zero-order valence-corrected chi connectivity index (χ0v) is 12.4. The zero-order chi connectivity index (χ0) is 14.5. The van der Waals surface area contributed by atoms with Crippen LogP contribution >= 0.6 is 11.3 Å². The molecule has 0 bridgehead atoms. The summed E-state index contributed by atoms with van der Waals surface area (Å²) in [6.07, 6.45) is 0.940. The van der Waals surface area contributed by atoms with E-state index < -0.39 is 0 Å². The SMILES string of the molecule is N#Cc1ccc(CNCCc2nc3ccccc3s2)cc1. The summed E-state index contributed by atoms with van der Waals surface area (Å²) in [4.78, 5) is 4.62. The van der Waals surface area contributed by atoms with Crippen molar-refractivity contribution in [3.63, 3.8) is 0 Å². The minimum atomic E-state index is 0.702. The van der Waals surface area contributed by atoms with Gasteiger partial charge in [0.25, 0.3) is 0 Å². The summed E-state index contributed by atoms with van der Waals surface area (Å²) in [7, 11) is 0. The van der Waals surface area contributed by atoms with Gasteiger partial charge in [0.05, 0.1) is 26.9 Å². The highest BCUT2D eigenvalue weighted by Crippen LogP contribution is 2.21. The smallest absolute Gasteiger partial charge is 0.0991 e. The average molecular weight is 293 g/mol. The van der Waals surface area contributed by atoms with E-state index in [9.17, 15) is 0 Å². The number of nitriles is 1. The minimum Gasteiger partial charge on any atom is -0.312 e. The van der Waals surface area contributed by atoms with Crippen molar-refractivity contribution in [2.75, 3.05) is 6.54 Å². The Morgan fingerprint density at radius 2 is 1.90 bits per heavy atom. The summed E-state index contributed by atoms with van der Waals surface area (Å²) >= 11 is 1.76. The first-order valence-corrected chi connectivity index (χ1v) is 7.71. The van der Waals surface area contributed by atoms with Crippen LogP contribution in [-0.2, 0) is 13.0 Å². The second kappa shape index (κ2) is 6.49. The molecule has 2 aromatic carbocycles. The number of fused-ring (bicyclic) bond motifs is 1. The predicted molar refractivity (Wildman–Crippen MR) is 86.2 cm³/mol. The topological polar surface area (TPSA) is 48.7 Å². The highest BCUT2D eigenvalue weighted by atomic mass is 32.1. The molecule has 3 aromatic rings. The number of hydrogen-bond acceptors (Lipinski definition) is 4. The lowest BCUT2D eigenvalue weighted by atomic mass is 10.1. The molecule has 1 N–H and O–H groups in total.